The van der Waals surface area contributed by atoms with Crippen molar-refractivity contribution in [1.29, 1.82) is 0 Å². The zero-order valence-electron chi connectivity index (χ0n) is 14.0. The molecule has 0 aromatic heterocycles. The molecule has 1 aromatic carbocycles. The number of carbonyl (C=O) groups excluding carboxylic acids is 1. The molecule has 5 nitrogen and oxygen atoms in total. The van der Waals surface area contributed by atoms with Crippen LogP contribution < -0.4 is 15.4 Å². The van der Waals surface area contributed by atoms with Crippen LogP contribution >= 0.6 is 0 Å². The van der Waals surface area contributed by atoms with Gasteiger partial charge in [-0.3, -0.25) is 4.79 Å². The van der Waals surface area contributed by atoms with Crippen LogP contribution in [-0.2, 0) is 4.79 Å². The summed E-state index contributed by atoms with van der Waals surface area (Å²) < 4.78 is 5.61. The molecule has 1 aliphatic carbocycles. The fraction of sp³-hybridized carbons (Fsp3) is 0.611. The number of nitrogens with one attached hydrogen (secondary N) is 1. The number of rotatable bonds is 7. The van der Waals surface area contributed by atoms with Gasteiger partial charge in [0.05, 0.1) is 6.04 Å². The lowest BCUT2D eigenvalue weighted by atomic mass is 10.1. The molecule has 1 aliphatic rings. The van der Waals surface area contributed by atoms with Crippen LogP contribution in [0.2, 0.25) is 0 Å². The molecule has 0 saturated heterocycles. The van der Waals surface area contributed by atoms with Crippen molar-refractivity contribution in [2.75, 3.05) is 18.5 Å². The first-order valence-corrected chi connectivity index (χ1v) is 8.65. The summed E-state index contributed by atoms with van der Waals surface area (Å²) in [5, 5.41) is 15.1. The number of aliphatic hydroxyl groups excluding tert-OH is 1. The minimum atomic E-state index is -0.465. The van der Waals surface area contributed by atoms with E-state index in [1.54, 1.807) is 24.3 Å². The van der Waals surface area contributed by atoms with Crippen molar-refractivity contribution in [3.8, 4) is 5.75 Å². The maximum atomic E-state index is 11.0. The van der Waals surface area contributed by atoms with E-state index < -0.39 is 6.10 Å². The van der Waals surface area contributed by atoms with Crippen molar-refractivity contribution in [2.45, 2.75) is 57.6 Å². The topological polar surface area (TPSA) is 75.2 Å². The molecule has 1 fully saturated rings. The Kier molecular flexibility index (Phi) is 7.36. The Morgan fingerprint density at radius 2 is 1.91 bits per heavy atom. The van der Waals surface area contributed by atoms with Gasteiger partial charge in [0.2, 0.25) is 5.91 Å². The first-order valence-electron chi connectivity index (χ1n) is 8.65. The van der Waals surface area contributed by atoms with Crippen molar-refractivity contribution in [3.63, 3.8) is 0 Å². The van der Waals surface area contributed by atoms with Gasteiger partial charge in [0.1, 0.15) is 25.0 Å². The summed E-state index contributed by atoms with van der Waals surface area (Å²) in [6.45, 7) is 2.46. The summed E-state index contributed by atoms with van der Waals surface area (Å²) in [6.07, 6.45) is 7.39. The van der Waals surface area contributed by atoms with E-state index >= 15 is 0 Å². The first kappa shape index (κ1) is 17.8. The van der Waals surface area contributed by atoms with E-state index in [-0.39, 0.29) is 5.91 Å². The van der Waals surface area contributed by atoms with Gasteiger partial charge in [-0.25, -0.2) is 0 Å². The number of carbonyl (C=O) groups is 1. The number of nitrogens with two attached hydrogens (primary N) is 1. The molecule has 2 rings (SSSR count). The number of benzene rings is 1. The molecule has 23 heavy (non-hydrogen) atoms. The predicted molar refractivity (Wildman–Crippen MR) is 90.5 cm³/mol. The van der Waals surface area contributed by atoms with Crippen molar-refractivity contribution >= 4 is 11.6 Å². The van der Waals surface area contributed by atoms with Crippen molar-refractivity contribution in [1.82, 2.24) is 0 Å². The molecule has 1 amide bonds. The fourth-order valence-electron chi connectivity index (χ4n) is 2.99. The van der Waals surface area contributed by atoms with Gasteiger partial charge < -0.3 is 20.5 Å². The zero-order valence-corrected chi connectivity index (χ0v) is 14.0. The molecule has 128 valence electrons. The lowest BCUT2D eigenvalue weighted by Crippen LogP contribution is -2.91. The molecule has 0 bridgehead atoms. The van der Waals surface area contributed by atoms with Crippen LogP contribution in [0.5, 0.6) is 5.75 Å². The van der Waals surface area contributed by atoms with E-state index in [1.165, 1.54) is 45.4 Å². The van der Waals surface area contributed by atoms with Gasteiger partial charge in [0, 0.05) is 12.6 Å². The molecule has 0 spiro atoms. The number of hydrogen-bond acceptors (Lipinski definition) is 3. The van der Waals surface area contributed by atoms with E-state index in [9.17, 15) is 9.90 Å². The van der Waals surface area contributed by atoms with Crippen LogP contribution in [0.15, 0.2) is 24.3 Å². The molecule has 0 heterocycles. The number of amides is 1. The second-order valence-corrected chi connectivity index (χ2v) is 6.39. The Hall–Kier alpha value is -1.59. The fourth-order valence-corrected chi connectivity index (χ4v) is 2.99. The third-order valence-corrected chi connectivity index (χ3v) is 4.26. The highest BCUT2D eigenvalue weighted by Crippen LogP contribution is 2.16. The predicted octanol–water partition coefficient (Wildman–Crippen LogP) is 1.67. The average Bonchev–Trinajstić information content (AvgIpc) is 2.80. The van der Waals surface area contributed by atoms with Crippen molar-refractivity contribution in [3.05, 3.63) is 24.3 Å². The molecule has 0 radical (unpaired) electrons. The third-order valence-electron chi connectivity index (χ3n) is 4.26. The highest BCUT2D eigenvalue weighted by atomic mass is 16.5. The zero-order chi connectivity index (χ0) is 16.5. The van der Waals surface area contributed by atoms with E-state index in [2.05, 4.69) is 10.6 Å². The van der Waals surface area contributed by atoms with Crippen LogP contribution in [0.1, 0.15) is 45.4 Å². The Labute approximate surface area is 138 Å². The number of aliphatic hydroxyl groups is 1. The molecule has 1 atom stereocenters. The first-order chi connectivity index (χ1) is 11.1. The quantitative estimate of drug-likeness (QED) is 0.669. The van der Waals surface area contributed by atoms with Crippen molar-refractivity contribution in [2.24, 2.45) is 0 Å². The summed E-state index contributed by atoms with van der Waals surface area (Å²) in [5.41, 5.74) is 0.743. The smallest absolute Gasteiger partial charge is 0.221 e. The maximum absolute atomic E-state index is 11.0. The van der Waals surface area contributed by atoms with Gasteiger partial charge in [-0.2, -0.15) is 0 Å². The molecule has 1 saturated carbocycles. The Balaban J connectivity index is 1.67. The second kappa shape index (κ2) is 9.53. The van der Waals surface area contributed by atoms with Gasteiger partial charge in [-0.15, -0.1) is 0 Å². The van der Waals surface area contributed by atoms with E-state index in [0.717, 1.165) is 5.69 Å². The second-order valence-electron chi connectivity index (χ2n) is 6.39. The van der Waals surface area contributed by atoms with E-state index in [1.807, 2.05) is 0 Å². The van der Waals surface area contributed by atoms with Crippen LogP contribution in [0, 0.1) is 0 Å². The van der Waals surface area contributed by atoms with Crippen molar-refractivity contribution < 1.29 is 20.0 Å². The highest BCUT2D eigenvalue weighted by molar-refractivity contribution is 5.88. The number of ether oxygens (including phenoxy) is 1. The van der Waals surface area contributed by atoms with Crippen LogP contribution in [-0.4, -0.2) is 36.3 Å². The van der Waals surface area contributed by atoms with Crippen LogP contribution in [0.3, 0.4) is 0 Å². The molecule has 0 unspecified atom stereocenters. The molecule has 1 aromatic rings. The number of quaternary nitrogens is 1. The summed E-state index contributed by atoms with van der Waals surface area (Å²) in [7, 11) is 0. The Bertz CT molecular complexity index is 468. The molecule has 5 heteroatoms. The van der Waals surface area contributed by atoms with Crippen LogP contribution in [0.4, 0.5) is 5.69 Å². The molecular formula is C18H29N2O3+. The maximum Gasteiger partial charge on any atom is 0.221 e. The minimum Gasteiger partial charge on any atom is -0.491 e. The molecule has 0 aliphatic heterocycles. The van der Waals surface area contributed by atoms with E-state index in [0.29, 0.717) is 24.9 Å². The number of anilines is 1. The highest BCUT2D eigenvalue weighted by Gasteiger charge is 2.17. The molecular weight excluding hydrogens is 292 g/mol. The third kappa shape index (κ3) is 7.01. The summed E-state index contributed by atoms with van der Waals surface area (Å²) >= 11 is 0. The summed E-state index contributed by atoms with van der Waals surface area (Å²) in [5.74, 6) is 0.607. The van der Waals surface area contributed by atoms with Gasteiger partial charge in [-0.05, 0) is 49.9 Å². The monoisotopic (exact) mass is 321 g/mol. The lowest BCUT2D eigenvalue weighted by molar-refractivity contribution is -0.695. The largest absolute Gasteiger partial charge is 0.491 e. The van der Waals surface area contributed by atoms with Gasteiger partial charge >= 0.3 is 0 Å². The average molecular weight is 321 g/mol. The normalized spacial score (nSPS) is 17.3. The SMILES string of the molecule is CC(=O)Nc1ccc(OC[C@@H](O)C[NH2+]C2CCCCCC2)cc1. The van der Waals surface area contributed by atoms with Gasteiger partial charge in [-0.1, -0.05) is 12.8 Å². The number of hydrogen-bond donors (Lipinski definition) is 3. The lowest BCUT2D eigenvalue weighted by Gasteiger charge is -2.16. The Morgan fingerprint density at radius 1 is 1.26 bits per heavy atom. The molecule has 4 N–H and O–H groups in total. The summed E-state index contributed by atoms with van der Waals surface area (Å²) in [6, 6.07) is 7.84. The van der Waals surface area contributed by atoms with Gasteiger partial charge in [0.25, 0.3) is 0 Å². The van der Waals surface area contributed by atoms with Gasteiger partial charge in [0.15, 0.2) is 0 Å². The standard InChI is InChI=1S/C18H28N2O3/c1-14(21)20-16-8-10-18(11-9-16)23-13-17(22)12-19-15-6-4-2-3-5-7-15/h8-11,15,17,19,22H,2-7,12-13H2,1H3,(H,20,21)/p+1/t17-/m0/s1. The van der Waals surface area contributed by atoms with E-state index in [4.69, 9.17) is 4.74 Å². The summed E-state index contributed by atoms with van der Waals surface area (Å²) in [4.78, 5) is 11.0. The van der Waals surface area contributed by atoms with Crippen LogP contribution in [0.25, 0.3) is 0 Å². The Morgan fingerprint density at radius 3 is 2.52 bits per heavy atom. The minimum absolute atomic E-state index is 0.0943.